The van der Waals surface area contributed by atoms with Gasteiger partial charge in [0, 0.05) is 5.56 Å². The molecule has 1 aromatic heterocycles. The van der Waals surface area contributed by atoms with Crippen molar-refractivity contribution in [2.24, 2.45) is 0 Å². The fourth-order valence-corrected chi connectivity index (χ4v) is 3.04. The molecule has 7 heteroatoms. The Morgan fingerprint density at radius 2 is 2.04 bits per heavy atom. The number of thioether (sulfide) groups is 1. The lowest BCUT2D eigenvalue weighted by molar-refractivity contribution is -0.146. The van der Waals surface area contributed by atoms with E-state index in [1.165, 1.54) is 0 Å². The maximum Gasteiger partial charge on any atom is 0.319 e. The highest BCUT2D eigenvalue weighted by Crippen LogP contribution is 2.26. The third-order valence-electron chi connectivity index (χ3n) is 3.30. The molecule has 0 spiro atoms. The van der Waals surface area contributed by atoms with E-state index in [0.717, 1.165) is 11.8 Å². The molecule has 2 aromatic rings. The second kappa shape index (κ2) is 8.49. The van der Waals surface area contributed by atoms with Gasteiger partial charge < -0.3 is 9.72 Å². The summed E-state index contributed by atoms with van der Waals surface area (Å²) in [5.74, 6) is -0.351. The molecule has 1 N–H and O–H groups in total. The Morgan fingerprint density at radius 1 is 1.36 bits per heavy atom. The van der Waals surface area contributed by atoms with Crippen molar-refractivity contribution in [3.05, 3.63) is 46.2 Å². The van der Waals surface area contributed by atoms with Gasteiger partial charge in [0.15, 0.2) is 5.16 Å². The topological polar surface area (TPSA) is 95.8 Å². The van der Waals surface area contributed by atoms with E-state index in [1.54, 1.807) is 38.1 Å². The predicted octanol–water partition coefficient (Wildman–Crippen LogP) is 3.13. The van der Waals surface area contributed by atoms with Crippen LogP contribution in [0.2, 0.25) is 0 Å². The van der Waals surface area contributed by atoms with Gasteiger partial charge in [-0.25, -0.2) is 4.98 Å². The molecule has 1 heterocycles. The molecule has 0 amide bonds. The first-order valence-electron chi connectivity index (χ1n) is 7.93. The monoisotopic (exact) mass is 357 g/mol. The number of hydrogen-bond acceptors (Lipinski definition) is 6. The standard InChI is InChI=1S/C18H19N3O3S/c1-4-14(17(23)24-11(2)3)25-18-20-15(12-8-6-5-7-9-12)13(10-19)16(22)21-18/h5-9,11,14H,4H2,1-3H3,(H,20,21,22)/t14-/m0/s1. The number of H-pyrrole nitrogens is 1. The number of hydrogen-bond donors (Lipinski definition) is 1. The van der Waals surface area contributed by atoms with Crippen LogP contribution in [-0.4, -0.2) is 27.3 Å². The second-order valence-corrected chi connectivity index (χ2v) is 6.76. The lowest BCUT2D eigenvalue weighted by atomic mass is 10.1. The lowest BCUT2D eigenvalue weighted by Gasteiger charge is -2.15. The maximum absolute atomic E-state index is 12.2. The average molecular weight is 357 g/mol. The van der Waals surface area contributed by atoms with Crippen LogP contribution >= 0.6 is 11.8 Å². The molecular formula is C18H19N3O3S. The number of carbonyl (C=O) groups is 1. The van der Waals surface area contributed by atoms with Gasteiger partial charge in [-0.1, -0.05) is 49.0 Å². The van der Waals surface area contributed by atoms with Gasteiger partial charge in [-0.3, -0.25) is 9.59 Å². The fraction of sp³-hybridized carbons (Fsp3) is 0.333. The van der Waals surface area contributed by atoms with Gasteiger partial charge in [-0.15, -0.1) is 0 Å². The minimum absolute atomic E-state index is 0.0478. The number of ether oxygens (including phenoxy) is 1. The fourth-order valence-electron chi connectivity index (χ4n) is 2.16. The molecule has 0 bridgehead atoms. The molecule has 0 fully saturated rings. The number of aromatic amines is 1. The van der Waals surface area contributed by atoms with Crippen LogP contribution < -0.4 is 5.56 Å². The summed E-state index contributed by atoms with van der Waals surface area (Å²) in [6.45, 7) is 5.42. The van der Waals surface area contributed by atoms with Crippen molar-refractivity contribution in [2.45, 2.75) is 43.7 Å². The van der Waals surface area contributed by atoms with E-state index >= 15 is 0 Å². The highest BCUT2D eigenvalue weighted by Gasteiger charge is 2.23. The van der Waals surface area contributed by atoms with Crippen molar-refractivity contribution in [1.29, 1.82) is 5.26 Å². The molecule has 2 rings (SSSR count). The molecule has 0 aliphatic rings. The normalized spacial score (nSPS) is 11.8. The smallest absolute Gasteiger partial charge is 0.319 e. The first-order valence-corrected chi connectivity index (χ1v) is 8.81. The van der Waals surface area contributed by atoms with Crippen molar-refractivity contribution in [2.75, 3.05) is 0 Å². The highest BCUT2D eigenvalue weighted by molar-refractivity contribution is 8.00. The van der Waals surface area contributed by atoms with Crippen molar-refractivity contribution in [1.82, 2.24) is 9.97 Å². The van der Waals surface area contributed by atoms with E-state index in [0.29, 0.717) is 17.7 Å². The molecular weight excluding hydrogens is 338 g/mol. The number of nitrogens with zero attached hydrogens (tertiary/aromatic N) is 2. The van der Waals surface area contributed by atoms with Crippen LogP contribution in [-0.2, 0) is 9.53 Å². The van der Waals surface area contributed by atoms with Gasteiger partial charge >= 0.3 is 5.97 Å². The Morgan fingerprint density at radius 3 is 2.60 bits per heavy atom. The van der Waals surface area contributed by atoms with Crippen molar-refractivity contribution >= 4 is 17.7 Å². The van der Waals surface area contributed by atoms with Crippen LogP contribution in [0.4, 0.5) is 0 Å². The summed E-state index contributed by atoms with van der Waals surface area (Å²) < 4.78 is 5.23. The zero-order chi connectivity index (χ0) is 18.4. The third kappa shape index (κ3) is 4.70. The average Bonchev–Trinajstić information content (AvgIpc) is 2.59. The highest BCUT2D eigenvalue weighted by atomic mass is 32.2. The van der Waals surface area contributed by atoms with E-state index in [-0.39, 0.29) is 22.8 Å². The zero-order valence-electron chi connectivity index (χ0n) is 14.3. The quantitative estimate of drug-likeness (QED) is 0.485. The Bertz CT molecular complexity index is 841. The Hall–Kier alpha value is -2.59. The molecule has 1 aromatic carbocycles. The maximum atomic E-state index is 12.2. The summed E-state index contributed by atoms with van der Waals surface area (Å²) >= 11 is 1.13. The number of aromatic nitrogens is 2. The van der Waals surface area contributed by atoms with Crippen LogP contribution in [0.25, 0.3) is 11.3 Å². The number of rotatable bonds is 6. The Balaban J connectivity index is 2.40. The summed E-state index contributed by atoms with van der Waals surface area (Å²) in [4.78, 5) is 31.3. The van der Waals surface area contributed by atoms with E-state index in [9.17, 15) is 14.9 Å². The van der Waals surface area contributed by atoms with Gasteiger partial charge in [-0.05, 0) is 20.3 Å². The molecule has 130 valence electrons. The number of benzene rings is 1. The summed E-state index contributed by atoms with van der Waals surface area (Å²) in [5.41, 5.74) is 0.408. The summed E-state index contributed by atoms with van der Waals surface area (Å²) in [6, 6.07) is 10.9. The number of esters is 1. The van der Waals surface area contributed by atoms with Gasteiger partial charge in [-0.2, -0.15) is 5.26 Å². The first-order chi connectivity index (χ1) is 12.0. The third-order valence-corrected chi connectivity index (χ3v) is 4.52. The molecule has 0 radical (unpaired) electrons. The van der Waals surface area contributed by atoms with Gasteiger partial charge in [0.05, 0.1) is 11.8 Å². The summed E-state index contributed by atoms with van der Waals surface area (Å²) in [5, 5.41) is 9.08. The Kier molecular flexibility index (Phi) is 6.37. The van der Waals surface area contributed by atoms with Gasteiger partial charge in [0.1, 0.15) is 16.9 Å². The molecule has 1 atom stereocenters. The van der Waals surface area contributed by atoms with Crippen molar-refractivity contribution in [3.8, 4) is 17.3 Å². The number of nitrogens with one attached hydrogen (secondary N) is 1. The van der Waals surface area contributed by atoms with E-state index in [1.807, 2.05) is 19.1 Å². The van der Waals surface area contributed by atoms with Crippen LogP contribution in [0.1, 0.15) is 32.8 Å². The van der Waals surface area contributed by atoms with Crippen LogP contribution in [0.5, 0.6) is 0 Å². The van der Waals surface area contributed by atoms with E-state index in [2.05, 4.69) is 9.97 Å². The molecule has 0 aliphatic heterocycles. The van der Waals surface area contributed by atoms with Crippen molar-refractivity contribution < 1.29 is 9.53 Å². The van der Waals surface area contributed by atoms with Gasteiger partial charge in [0.25, 0.3) is 5.56 Å². The zero-order valence-corrected chi connectivity index (χ0v) is 15.1. The first kappa shape index (κ1) is 18.7. The van der Waals surface area contributed by atoms with Crippen LogP contribution in [0, 0.1) is 11.3 Å². The van der Waals surface area contributed by atoms with Crippen molar-refractivity contribution in [3.63, 3.8) is 0 Å². The van der Waals surface area contributed by atoms with E-state index in [4.69, 9.17) is 4.74 Å². The molecule has 0 saturated heterocycles. The van der Waals surface area contributed by atoms with E-state index < -0.39 is 10.8 Å². The minimum atomic E-state index is -0.522. The lowest BCUT2D eigenvalue weighted by Crippen LogP contribution is -2.24. The molecule has 25 heavy (non-hydrogen) atoms. The van der Waals surface area contributed by atoms with Crippen LogP contribution in [0.15, 0.2) is 40.3 Å². The number of carbonyl (C=O) groups excluding carboxylic acids is 1. The largest absolute Gasteiger partial charge is 0.462 e. The van der Waals surface area contributed by atoms with Gasteiger partial charge in [0.2, 0.25) is 0 Å². The minimum Gasteiger partial charge on any atom is -0.462 e. The molecule has 0 unspecified atom stereocenters. The second-order valence-electron chi connectivity index (χ2n) is 5.57. The SMILES string of the molecule is CC[C@H](Sc1nc(-c2ccccc2)c(C#N)c(=O)[nH]1)C(=O)OC(C)C. The predicted molar refractivity (Wildman–Crippen MR) is 96.2 cm³/mol. The summed E-state index contributed by atoms with van der Waals surface area (Å²) in [6.07, 6.45) is 0.315. The van der Waals surface area contributed by atoms with Crippen LogP contribution in [0.3, 0.4) is 0 Å². The summed E-state index contributed by atoms with van der Waals surface area (Å²) in [7, 11) is 0. The molecule has 0 saturated carbocycles. The molecule has 6 nitrogen and oxygen atoms in total. The number of nitriles is 1. The Labute approximate surface area is 150 Å². The molecule has 0 aliphatic carbocycles.